The van der Waals surface area contributed by atoms with Crippen LogP contribution in [0.5, 0.6) is 0 Å². The topological polar surface area (TPSA) is 43.9 Å². The van der Waals surface area contributed by atoms with Gasteiger partial charge in [0.05, 0.1) is 6.54 Å². The number of rotatable bonds is 8. The first-order chi connectivity index (χ1) is 12.5. The van der Waals surface area contributed by atoms with Gasteiger partial charge in [-0.1, -0.05) is 31.5 Å². The molecule has 0 spiro atoms. The Balaban J connectivity index is 1.75. The maximum atomic E-state index is 12.5. The first kappa shape index (κ1) is 20.4. The third-order valence-corrected chi connectivity index (χ3v) is 5.17. The van der Waals surface area contributed by atoms with Crippen LogP contribution in [0.4, 0.5) is 0 Å². The molecule has 0 bridgehead atoms. The molecule has 26 heavy (non-hydrogen) atoms. The smallest absolute Gasteiger partial charge is 0.254 e. The lowest BCUT2D eigenvalue weighted by molar-refractivity contribution is -0.133. The zero-order chi connectivity index (χ0) is 18.9. The lowest BCUT2D eigenvalue weighted by Gasteiger charge is -2.34. The van der Waals surface area contributed by atoms with E-state index in [9.17, 15) is 9.59 Å². The van der Waals surface area contributed by atoms with Gasteiger partial charge < -0.3 is 14.7 Å². The summed E-state index contributed by atoms with van der Waals surface area (Å²) in [6.45, 7) is 6.25. The molecule has 0 aromatic heterocycles. The number of unbranched alkanes of at least 4 members (excludes halogenated alkanes) is 1. The van der Waals surface area contributed by atoms with Crippen molar-refractivity contribution in [2.45, 2.75) is 32.6 Å². The van der Waals surface area contributed by atoms with Crippen LogP contribution < -0.4 is 0 Å². The molecule has 1 aliphatic heterocycles. The van der Waals surface area contributed by atoms with Crippen molar-refractivity contribution in [2.24, 2.45) is 5.92 Å². The second-order valence-electron chi connectivity index (χ2n) is 7.47. The van der Waals surface area contributed by atoms with Gasteiger partial charge in [-0.25, -0.2) is 0 Å². The summed E-state index contributed by atoms with van der Waals surface area (Å²) in [6.07, 6.45) is 4.58. The zero-order valence-corrected chi connectivity index (χ0v) is 16.5. The monoisotopic (exact) mass is 359 g/mol. The molecule has 1 heterocycles. The Hall–Kier alpha value is -1.88. The fraction of sp³-hybridized carbons (Fsp3) is 0.619. The van der Waals surface area contributed by atoms with E-state index in [4.69, 9.17) is 0 Å². The van der Waals surface area contributed by atoms with Gasteiger partial charge in [0.25, 0.3) is 5.91 Å². The van der Waals surface area contributed by atoms with Crippen molar-refractivity contribution in [3.05, 3.63) is 35.9 Å². The third kappa shape index (κ3) is 6.13. The zero-order valence-electron chi connectivity index (χ0n) is 16.5. The number of hydrogen-bond acceptors (Lipinski definition) is 3. The Bertz CT molecular complexity index is 568. The Morgan fingerprint density at radius 1 is 1.12 bits per heavy atom. The highest BCUT2D eigenvalue weighted by molar-refractivity contribution is 5.96. The van der Waals surface area contributed by atoms with Crippen LogP contribution in [0.2, 0.25) is 0 Å². The van der Waals surface area contributed by atoms with E-state index in [0.717, 1.165) is 39.0 Å². The third-order valence-electron chi connectivity index (χ3n) is 5.17. The average Bonchev–Trinajstić information content (AvgIpc) is 2.66. The van der Waals surface area contributed by atoms with E-state index in [-0.39, 0.29) is 18.4 Å². The van der Waals surface area contributed by atoms with Gasteiger partial charge in [-0.2, -0.15) is 0 Å². The van der Waals surface area contributed by atoms with E-state index in [0.29, 0.717) is 11.5 Å². The number of hydrogen-bond donors (Lipinski definition) is 0. The van der Waals surface area contributed by atoms with Crippen molar-refractivity contribution in [1.82, 2.24) is 14.7 Å². The highest BCUT2D eigenvalue weighted by Crippen LogP contribution is 2.18. The number of likely N-dealkylation sites (N-methyl/N-ethyl adjacent to an activating group) is 1. The summed E-state index contributed by atoms with van der Waals surface area (Å²) in [5, 5.41) is 0. The van der Waals surface area contributed by atoms with Gasteiger partial charge in [0.2, 0.25) is 5.91 Å². The van der Waals surface area contributed by atoms with Crippen molar-refractivity contribution >= 4 is 11.8 Å². The van der Waals surface area contributed by atoms with Crippen LogP contribution in [0, 0.1) is 5.92 Å². The van der Waals surface area contributed by atoms with Crippen molar-refractivity contribution in [3.63, 3.8) is 0 Å². The van der Waals surface area contributed by atoms with Gasteiger partial charge in [-0.15, -0.1) is 0 Å². The lowest BCUT2D eigenvalue weighted by atomic mass is 9.96. The Morgan fingerprint density at radius 3 is 2.38 bits per heavy atom. The second-order valence-corrected chi connectivity index (χ2v) is 7.47. The minimum atomic E-state index is -0.105. The molecule has 0 radical (unpaired) electrons. The summed E-state index contributed by atoms with van der Waals surface area (Å²) in [4.78, 5) is 30.8. The molecule has 5 heteroatoms. The predicted molar refractivity (Wildman–Crippen MR) is 105 cm³/mol. The van der Waals surface area contributed by atoms with Crippen LogP contribution in [-0.2, 0) is 4.79 Å². The van der Waals surface area contributed by atoms with Gasteiger partial charge >= 0.3 is 0 Å². The minimum Gasteiger partial charge on any atom is -0.341 e. The van der Waals surface area contributed by atoms with Crippen LogP contribution in [0.25, 0.3) is 0 Å². The largest absolute Gasteiger partial charge is 0.341 e. The van der Waals surface area contributed by atoms with Crippen molar-refractivity contribution in [1.29, 1.82) is 0 Å². The fourth-order valence-corrected chi connectivity index (χ4v) is 3.50. The lowest BCUT2D eigenvalue weighted by Crippen LogP contribution is -2.45. The van der Waals surface area contributed by atoms with E-state index in [1.807, 2.05) is 23.1 Å². The van der Waals surface area contributed by atoms with Crippen LogP contribution in [0.3, 0.4) is 0 Å². The summed E-state index contributed by atoms with van der Waals surface area (Å²) >= 11 is 0. The molecule has 0 saturated carbocycles. The van der Waals surface area contributed by atoms with Gasteiger partial charge in [-0.05, 0) is 50.9 Å². The highest BCUT2D eigenvalue weighted by atomic mass is 16.2. The Kier molecular flexibility index (Phi) is 8.10. The van der Waals surface area contributed by atoms with Gasteiger partial charge in [0, 0.05) is 32.2 Å². The number of piperidine rings is 1. The predicted octanol–water partition coefficient (Wildman–Crippen LogP) is 2.73. The van der Waals surface area contributed by atoms with E-state index < -0.39 is 0 Å². The van der Waals surface area contributed by atoms with Crippen LogP contribution >= 0.6 is 0 Å². The summed E-state index contributed by atoms with van der Waals surface area (Å²) < 4.78 is 0. The maximum Gasteiger partial charge on any atom is 0.254 e. The Labute approximate surface area is 158 Å². The molecule has 1 saturated heterocycles. The molecule has 0 atom stereocenters. The molecule has 5 nitrogen and oxygen atoms in total. The second kappa shape index (κ2) is 10.3. The molecule has 2 amide bonds. The summed E-state index contributed by atoms with van der Waals surface area (Å²) in [6, 6.07) is 9.12. The summed E-state index contributed by atoms with van der Waals surface area (Å²) in [5.74, 6) is 0.616. The molecule has 1 fully saturated rings. The molecule has 1 aromatic rings. The van der Waals surface area contributed by atoms with Crippen LogP contribution in [0.1, 0.15) is 43.0 Å². The molecule has 0 unspecified atom stereocenters. The molecule has 144 valence electrons. The van der Waals surface area contributed by atoms with E-state index in [2.05, 4.69) is 18.9 Å². The van der Waals surface area contributed by atoms with Crippen molar-refractivity contribution in [3.8, 4) is 0 Å². The molecular formula is C21H33N3O2. The number of carbonyl (C=O) groups is 2. The molecular weight excluding hydrogens is 326 g/mol. The van der Waals surface area contributed by atoms with Gasteiger partial charge in [0.1, 0.15) is 0 Å². The SMILES string of the molecule is CCCCN(C)CC1CCN(C(=O)CN(C)C(=O)c2ccccc2)CC1. The number of benzene rings is 1. The molecule has 1 aromatic carbocycles. The number of amides is 2. The van der Waals surface area contributed by atoms with Crippen molar-refractivity contribution in [2.75, 3.05) is 46.8 Å². The quantitative estimate of drug-likeness (QED) is 0.717. The highest BCUT2D eigenvalue weighted by Gasteiger charge is 2.25. The number of nitrogens with zero attached hydrogens (tertiary/aromatic N) is 3. The van der Waals surface area contributed by atoms with Gasteiger partial charge in [0.15, 0.2) is 0 Å². The maximum absolute atomic E-state index is 12.5. The molecule has 1 aliphatic rings. The average molecular weight is 360 g/mol. The fourth-order valence-electron chi connectivity index (χ4n) is 3.50. The van der Waals surface area contributed by atoms with Gasteiger partial charge in [-0.3, -0.25) is 9.59 Å². The normalized spacial score (nSPS) is 15.3. The molecule has 0 N–H and O–H groups in total. The van der Waals surface area contributed by atoms with Crippen molar-refractivity contribution < 1.29 is 9.59 Å². The first-order valence-electron chi connectivity index (χ1n) is 9.78. The summed E-state index contributed by atoms with van der Waals surface area (Å²) in [5.41, 5.74) is 0.622. The van der Waals surface area contributed by atoms with E-state index in [1.165, 1.54) is 17.7 Å². The Morgan fingerprint density at radius 2 is 1.77 bits per heavy atom. The molecule has 2 rings (SSSR count). The van der Waals surface area contributed by atoms with E-state index in [1.54, 1.807) is 19.2 Å². The standard InChI is InChI=1S/C21H33N3O2/c1-4-5-13-22(2)16-18-11-14-24(15-12-18)20(25)17-23(3)21(26)19-9-7-6-8-10-19/h6-10,18H,4-5,11-17H2,1-3H3. The number of carbonyl (C=O) groups excluding carboxylic acids is 2. The number of likely N-dealkylation sites (tertiary alicyclic amines) is 1. The molecule has 0 aliphatic carbocycles. The van der Waals surface area contributed by atoms with E-state index >= 15 is 0 Å². The van der Waals surface area contributed by atoms with Crippen LogP contribution in [0.15, 0.2) is 30.3 Å². The van der Waals surface area contributed by atoms with Crippen LogP contribution in [-0.4, -0.2) is 73.3 Å². The first-order valence-corrected chi connectivity index (χ1v) is 9.78. The summed E-state index contributed by atoms with van der Waals surface area (Å²) in [7, 11) is 3.89. The minimum absolute atomic E-state index is 0.0505.